The number of hydrogen-bond acceptors (Lipinski definition) is 6. The molecule has 0 amide bonds. The zero-order valence-electron chi connectivity index (χ0n) is 19.2. The number of halogens is 2. The minimum absolute atomic E-state index is 0.190. The van der Waals surface area contributed by atoms with Crippen LogP contribution >= 0.6 is 0 Å². The molecule has 6 rings (SSSR count). The maximum atomic E-state index is 15.1. The summed E-state index contributed by atoms with van der Waals surface area (Å²) < 4.78 is 31.7. The average molecular weight is 482 g/mol. The van der Waals surface area contributed by atoms with Crippen LogP contribution < -0.4 is 5.73 Å². The van der Waals surface area contributed by atoms with E-state index < -0.39 is 11.6 Å². The largest absolute Gasteiger partial charge is 0.381 e. The Hall–Kier alpha value is -4.73. The molecule has 2 aromatic carbocycles. The Kier molecular flexibility index (Phi) is 5.14. The number of H-pyrrole nitrogens is 1. The van der Waals surface area contributed by atoms with E-state index in [0.29, 0.717) is 45.4 Å². The number of fused-ring (bicyclic) bond motifs is 2. The Labute approximate surface area is 203 Å². The number of rotatable bonds is 5. The zero-order valence-corrected chi connectivity index (χ0v) is 19.2. The minimum atomic E-state index is -0.614. The third kappa shape index (κ3) is 3.37. The molecule has 36 heavy (non-hydrogen) atoms. The maximum absolute atomic E-state index is 15.1. The third-order valence-electron chi connectivity index (χ3n) is 6.14. The van der Waals surface area contributed by atoms with E-state index in [0.717, 1.165) is 17.9 Å². The van der Waals surface area contributed by atoms with Gasteiger partial charge in [-0.2, -0.15) is 5.10 Å². The van der Waals surface area contributed by atoms with E-state index >= 15 is 4.39 Å². The fraction of sp³-hybridized carbons (Fsp3) is 0.115. The normalized spacial score (nSPS) is 11.5. The molecule has 0 atom stereocenters. The topological polar surface area (TPSA) is 111 Å². The van der Waals surface area contributed by atoms with E-state index in [1.807, 2.05) is 22.8 Å². The number of nitrogens with zero attached hydrogens (tertiary/aromatic N) is 6. The number of para-hydroxylation sites is 1. The van der Waals surface area contributed by atoms with Crippen LogP contribution in [-0.4, -0.2) is 34.7 Å². The smallest absolute Gasteiger partial charge is 0.173 e. The van der Waals surface area contributed by atoms with Crippen molar-refractivity contribution in [3.63, 3.8) is 0 Å². The highest BCUT2D eigenvalue weighted by Crippen LogP contribution is 2.37. The predicted molar refractivity (Wildman–Crippen MR) is 133 cm³/mol. The Balaban J connectivity index is 1.75. The summed E-state index contributed by atoms with van der Waals surface area (Å²) in [6.45, 7) is 2.06. The molecule has 0 saturated heterocycles. The molecule has 0 aliphatic rings. The first-order chi connectivity index (χ1) is 17.6. The molecule has 0 unspecified atom stereocenters. The van der Waals surface area contributed by atoms with Gasteiger partial charge in [0.25, 0.3) is 0 Å². The van der Waals surface area contributed by atoms with Gasteiger partial charge >= 0.3 is 0 Å². The molecule has 10 heteroatoms. The quantitative estimate of drug-likeness (QED) is 0.348. The van der Waals surface area contributed by atoms with Gasteiger partial charge < -0.3 is 5.73 Å². The van der Waals surface area contributed by atoms with Crippen molar-refractivity contribution in [3.8, 4) is 28.2 Å². The van der Waals surface area contributed by atoms with Gasteiger partial charge in [0.1, 0.15) is 29.0 Å². The molecule has 0 bridgehead atoms. The second-order valence-electron chi connectivity index (χ2n) is 8.36. The van der Waals surface area contributed by atoms with E-state index in [4.69, 9.17) is 10.7 Å². The van der Waals surface area contributed by atoms with Crippen molar-refractivity contribution in [2.24, 2.45) is 0 Å². The van der Waals surface area contributed by atoms with Gasteiger partial charge in [0, 0.05) is 35.3 Å². The summed E-state index contributed by atoms with van der Waals surface area (Å²) in [6.07, 6.45) is 5.94. The standard InChI is InChI=1S/C26H20F2N8/c1-2-4-21-34-24-17(26-32-13-33-35-26)11-14(15-7-9-31-25(29)22(15)28)12-20(24)36(21)19-8-10-30-23-16(19)5-3-6-18(23)27/h3,5-13H,2,4H2,1H3,(H2,29,31)(H,32,33,35). The molecule has 0 fully saturated rings. The predicted octanol–water partition coefficient (Wildman–Crippen LogP) is 5.23. The number of aryl methyl sites for hydroxylation is 1. The summed E-state index contributed by atoms with van der Waals surface area (Å²) in [6, 6.07) is 11.9. The molecule has 178 valence electrons. The molecule has 0 spiro atoms. The molecule has 6 aromatic rings. The Morgan fingerprint density at radius 1 is 0.972 bits per heavy atom. The number of nitrogens with one attached hydrogen (secondary N) is 1. The maximum Gasteiger partial charge on any atom is 0.173 e. The van der Waals surface area contributed by atoms with Gasteiger partial charge in [0.05, 0.1) is 11.2 Å². The van der Waals surface area contributed by atoms with Crippen molar-refractivity contribution < 1.29 is 8.78 Å². The number of benzene rings is 2. The van der Waals surface area contributed by atoms with Gasteiger partial charge in [0.2, 0.25) is 0 Å². The van der Waals surface area contributed by atoms with E-state index in [1.165, 1.54) is 18.6 Å². The molecule has 4 heterocycles. The molecule has 0 aliphatic carbocycles. The van der Waals surface area contributed by atoms with Crippen molar-refractivity contribution >= 4 is 27.8 Å². The van der Waals surface area contributed by atoms with Crippen LogP contribution in [0.2, 0.25) is 0 Å². The molecular formula is C26H20F2N8. The summed E-state index contributed by atoms with van der Waals surface area (Å²) in [7, 11) is 0. The Morgan fingerprint density at radius 2 is 1.83 bits per heavy atom. The fourth-order valence-electron chi connectivity index (χ4n) is 4.56. The third-order valence-corrected chi connectivity index (χ3v) is 6.14. The molecule has 0 saturated carbocycles. The fourth-order valence-corrected chi connectivity index (χ4v) is 4.56. The van der Waals surface area contributed by atoms with Crippen LogP contribution in [0.5, 0.6) is 0 Å². The van der Waals surface area contributed by atoms with Gasteiger partial charge in [-0.1, -0.05) is 19.1 Å². The van der Waals surface area contributed by atoms with Crippen molar-refractivity contribution in [1.82, 2.24) is 34.7 Å². The van der Waals surface area contributed by atoms with Gasteiger partial charge in [-0.05, 0) is 42.3 Å². The van der Waals surface area contributed by atoms with Crippen molar-refractivity contribution in [1.29, 1.82) is 0 Å². The van der Waals surface area contributed by atoms with Crippen LogP contribution in [0.25, 0.3) is 50.1 Å². The van der Waals surface area contributed by atoms with E-state index in [2.05, 4.69) is 32.1 Å². The second kappa shape index (κ2) is 8.49. The van der Waals surface area contributed by atoms with Gasteiger partial charge in [-0.15, -0.1) is 0 Å². The van der Waals surface area contributed by atoms with Crippen molar-refractivity contribution in [2.45, 2.75) is 19.8 Å². The molecule has 0 aliphatic heterocycles. The number of imidazole rings is 1. The molecule has 8 nitrogen and oxygen atoms in total. The summed E-state index contributed by atoms with van der Waals surface area (Å²) in [5.41, 5.74) is 9.62. The number of pyridine rings is 2. The zero-order chi connectivity index (χ0) is 24.8. The number of nitrogens with two attached hydrogens (primary N) is 1. The molecule has 0 radical (unpaired) electrons. The number of aromatic amines is 1. The van der Waals surface area contributed by atoms with Gasteiger partial charge in [0.15, 0.2) is 17.5 Å². The first-order valence-corrected chi connectivity index (χ1v) is 11.4. The van der Waals surface area contributed by atoms with Crippen LogP contribution in [0, 0.1) is 11.6 Å². The van der Waals surface area contributed by atoms with E-state index in [-0.39, 0.29) is 11.3 Å². The van der Waals surface area contributed by atoms with E-state index in [1.54, 1.807) is 24.4 Å². The van der Waals surface area contributed by atoms with Crippen LogP contribution in [0.3, 0.4) is 0 Å². The highest BCUT2D eigenvalue weighted by Gasteiger charge is 2.22. The second-order valence-corrected chi connectivity index (χ2v) is 8.36. The summed E-state index contributed by atoms with van der Waals surface area (Å²) in [4.78, 5) is 17.4. The highest BCUT2D eigenvalue weighted by molar-refractivity contribution is 5.98. The van der Waals surface area contributed by atoms with Gasteiger partial charge in [-0.3, -0.25) is 14.6 Å². The summed E-state index contributed by atoms with van der Waals surface area (Å²) >= 11 is 0. The lowest BCUT2D eigenvalue weighted by Crippen LogP contribution is -2.03. The monoisotopic (exact) mass is 482 g/mol. The first-order valence-electron chi connectivity index (χ1n) is 11.4. The van der Waals surface area contributed by atoms with Crippen molar-refractivity contribution in [2.75, 3.05) is 5.73 Å². The van der Waals surface area contributed by atoms with E-state index in [9.17, 15) is 4.39 Å². The van der Waals surface area contributed by atoms with Crippen LogP contribution in [-0.2, 0) is 6.42 Å². The molecular weight excluding hydrogens is 462 g/mol. The van der Waals surface area contributed by atoms with Gasteiger partial charge in [-0.25, -0.2) is 23.7 Å². The van der Waals surface area contributed by atoms with Crippen molar-refractivity contribution in [3.05, 3.63) is 78.6 Å². The number of hydrogen-bond donors (Lipinski definition) is 2. The molecule has 3 N–H and O–H groups in total. The lowest BCUT2D eigenvalue weighted by molar-refractivity contribution is 0.631. The lowest BCUT2D eigenvalue weighted by atomic mass is 10.0. The van der Waals surface area contributed by atoms with Crippen LogP contribution in [0.1, 0.15) is 19.2 Å². The minimum Gasteiger partial charge on any atom is -0.381 e. The number of aromatic nitrogens is 7. The van der Waals surface area contributed by atoms with Crippen LogP contribution in [0.15, 0.2) is 61.2 Å². The Morgan fingerprint density at radius 3 is 2.64 bits per heavy atom. The summed E-state index contributed by atoms with van der Waals surface area (Å²) in [5.74, 6) is 0.0499. The summed E-state index contributed by atoms with van der Waals surface area (Å²) in [5, 5.41) is 7.52. The number of anilines is 1. The van der Waals surface area contributed by atoms with Crippen LogP contribution in [0.4, 0.5) is 14.6 Å². The lowest BCUT2D eigenvalue weighted by Gasteiger charge is -2.13. The highest BCUT2D eigenvalue weighted by atomic mass is 19.1. The molecule has 4 aromatic heterocycles. The SMILES string of the molecule is CCCc1nc2c(-c3ncn[nH]3)cc(-c3ccnc(N)c3F)cc2n1-c1ccnc2c(F)cccc12. The Bertz CT molecular complexity index is 1740. The number of nitrogen functional groups attached to an aromatic ring is 1. The average Bonchev–Trinajstić information content (AvgIpc) is 3.54. The first kappa shape index (κ1) is 21.8.